The van der Waals surface area contributed by atoms with Crippen molar-refractivity contribution in [2.24, 2.45) is 0 Å². The monoisotopic (exact) mass is 383 g/mol. The van der Waals surface area contributed by atoms with E-state index in [1.54, 1.807) is 31.2 Å². The lowest BCUT2D eigenvalue weighted by Crippen LogP contribution is -2.33. The summed E-state index contributed by atoms with van der Waals surface area (Å²) in [6, 6.07) is 6.77. The van der Waals surface area contributed by atoms with Gasteiger partial charge in [-0.2, -0.15) is 0 Å². The molecule has 0 aliphatic carbocycles. The number of carbonyl (C=O) groups is 3. The van der Waals surface area contributed by atoms with Crippen LogP contribution in [0.3, 0.4) is 0 Å². The summed E-state index contributed by atoms with van der Waals surface area (Å²) in [5.41, 5.74) is 0.502. The number of benzene rings is 1. The highest BCUT2D eigenvalue weighted by atomic mass is 16.5. The highest BCUT2D eigenvalue weighted by Gasteiger charge is 2.16. The molecule has 0 aromatic heterocycles. The van der Waals surface area contributed by atoms with E-state index < -0.39 is 18.0 Å². The van der Waals surface area contributed by atoms with Gasteiger partial charge in [-0.1, -0.05) is 0 Å². The van der Waals surface area contributed by atoms with Crippen LogP contribution in [-0.4, -0.2) is 77.1 Å². The Bertz CT molecular complexity index is 598. The van der Waals surface area contributed by atoms with Gasteiger partial charge in [-0.3, -0.25) is 0 Å². The van der Waals surface area contributed by atoms with Crippen LogP contribution in [0.15, 0.2) is 24.3 Å². The lowest BCUT2D eigenvalue weighted by Gasteiger charge is -2.19. The zero-order valence-electron chi connectivity index (χ0n) is 15.2. The van der Waals surface area contributed by atoms with Gasteiger partial charge < -0.3 is 29.7 Å². The van der Waals surface area contributed by atoms with Crippen molar-refractivity contribution in [3.05, 3.63) is 29.8 Å². The number of aliphatic hydroxyl groups is 1. The molecule has 9 nitrogen and oxygen atoms in total. The highest BCUT2D eigenvalue weighted by molar-refractivity contribution is 6.27. The second-order valence-electron chi connectivity index (χ2n) is 5.83. The van der Waals surface area contributed by atoms with Gasteiger partial charge in [0, 0.05) is 6.54 Å². The van der Waals surface area contributed by atoms with Crippen molar-refractivity contribution in [3.63, 3.8) is 0 Å². The number of likely N-dealkylation sites (tertiary alicyclic amines) is 1. The maximum Gasteiger partial charge on any atom is 0.414 e. The molecule has 1 aromatic rings. The number of rotatable bonds is 7. The van der Waals surface area contributed by atoms with Gasteiger partial charge in [0.1, 0.15) is 18.5 Å². The Hall–Kier alpha value is -2.65. The van der Waals surface area contributed by atoms with Crippen molar-refractivity contribution in [2.75, 3.05) is 32.8 Å². The SMILES string of the molecule is CCOC(=O)c1ccc(OCC(O)CN2CCCC2)cc1.O=C(O)C(=O)O. The van der Waals surface area contributed by atoms with Crippen LogP contribution in [0.1, 0.15) is 30.1 Å². The second-order valence-corrected chi connectivity index (χ2v) is 5.83. The largest absolute Gasteiger partial charge is 0.491 e. The molecule has 1 aliphatic rings. The Kier molecular flexibility index (Phi) is 9.84. The summed E-state index contributed by atoms with van der Waals surface area (Å²) in [5, 5.41) is 24.7. The first-order chi connectivity index (χ1) is 12.8. The van der Waals surface area contributed by atoms with Gasteiger partial charge in [-0.15, -0.1) is 0 Å². The van der Waals surface area contributed by atoms with E-state index in [2.05, 4.69) is 4.90 Å². The van der Waals surface area contributed by atoms with Gasteiger partial charge in [0.15, 0.2) is 0 Å². The number of hydrogen-bond acceptors (Lipinski definition) is 7. The molecule has 150 valence electrons. The number of carboxylic acid groups (broad SMARTS) is 2. The van der Waals surface area contributed by atoms with Crippen molar-refractivity contribution in [3.8, 4) is 5.75 Å². The number of carboxylic acids is 2. The van der Waals surface area contributed by atoms with Crippen LogP contribution in [0, 0.1) is 0 Å². The molecule has 0 radical (unpaired) electrons. The number of β-amino-alcohol motifs (C(OH)–C–C–N with tert-alkyl or cyclic N) is 1. The van der Waals surface area contributed by atoms with Crippen LogP contribution in [0.25, 0.3) is 0 Å². The van der Waals surface area contributed by atoms with E-state index in [-0.39, 0.29) is 12.6 Å². The zero-order valence-corrected chi connectivity index (χ0v) is 15.2. The summed E-state index contributed by atoms with van der Waals surface area (Å²) in [4.78, 5) is 32.0. The standard InChI is InChI=1S/C16H23NO4.C2H2O4/c1-2-20-16(19)13-5-7-15(8-6-13)21-12-14(18)11-17-9-3-4-10-17;3-1(4)2(5)6/h5-8,14,18H,2-4,9-12H2,1H3;(H,3,4)(H,5,6). The molecule has 0 spiro atoms. The number of ether oxygens (including phenoxy) is 2. The number of carbonyl (C=O) groups excluding carboxylic acids is 1. The highest BCUT2D eigenvalue weighted by Crippen LogP contribution is 2.14. The topological polar surface area (TPSA) is 134 Å². The lowest BCUT2D eigenvalue weighted by molar-refractivity contribution is -0.159. The van der Waals surface area contributed by atoms with E-state index in [0.29, 0.717) is 24.5 Å². The third-order valence-electron chi connectivity index (χ3n) is 3.66. The smallest absolute Gasteiger partial charge is 0.414 e. The molecule has 1 saturated heterocycles. The minimum Gasteiger partial charge on any atom is -0.491 e. The van der Waals surface area contributed by atoms with E-state index in [4.69, 9.17) is 29.3 Å². The Morgan fingerprint density at radius 2 is 1.63 bits per heavy atom. The molecule has 1 atom stereocenters. The molecule has 1 aromatic carbocycles. The minimum atomic E-state index is -1.82. The van der Waals surface area contributed by atoms with E-state index in [1.165, 1.54) is 12.8 Å². The van der Waals surface area contributed by atoms with E-state index in [9.17, 15) is 9.90 Å². The average molecular weight is 383 g/mol. The van der Waals surface area contributed by atoms with Crippen LogP contribution >= 0.6 is 0 Å². The van der Waals surface area contributed by atoms with Crippen LogP contribution in [0.2, 0.25) is 0 Å². The molecule has 1 heterocycles. The quantitative estimate of drug-likeness (QED) is 0.463. The van der Waals surface area contributed by atoms with Crippen molar-refractivity contribution in [1.82, 2.24) is 4.90 Å². The molecule has 1 fully saturated rings. The number of hydrogen-bond donors (Lipinski definition) is 3. The fraction of sp³-hybridized carbons (Fsp3) is 0.500. The number of aliphatic hydroxyl groups excluding tert-OH is 1. The van der Waals surface area contributed by atoms with Crippen molar-refractivity contribution < 1.29 is 39.2 Å². The van der Waals surface area contributed by atoms with Gasteiger partial charge in [0.25, 0.3) is 0 Å². The summed E-state index contributed by atoms with van der Waals surface area (Å²) in [5.74, 6) is -3.34. The van der Waals surface area contributed by atoms with Crippen LogP contribution in [0.4, 0.5) is 0 Å². The molecular weight excluding hydrogens is 358 g/mol. The summed E-state index contributed by atoms with van der Waals surface area (Å²) >= 11 is 0. The summed E-state index contributed by atoms with van der Waals surface area (Å²) in [7, 11) is 0. The molecule has 3 N–H and O–H groups in total. The predicted octanol–water partition coefficient (Wildman–Crippen LogP) is 0.854. The fourth-order valence-electron chi connectivity index (χ4n) is 2.41. The van der Waals surface area contributed by atoms with Gasteiger partial charge >= 0.3 is 17.9 Å². The maximum absolute atomic E-state index is 11.5. The van der Waals surface area contributed by atoms with Crippen molar-refractivity contribution >= 4 is 17.9 Å². The maximum atomic E-state index is 11.5. The van der Waals surface area contributed by atoms with Gasteiger partial charge in [0.2, 0.25) is 0 Å². The Balaban J connectivity index is 0.000000527. The Morgan fingerprint density at radius 1 is 1.07 bits per heavy atom. The van der Waals surface area contributed by atoms with Gasteiger partial charge in [0.05, 0.1) is 12.2 Å². The van der Waals surface area contributed by atoms with Crippen LogP contribution in [0.5, 0.6) is 5.75 Å². The number of nitrogens with zero attached hydrogens (tertiary/aromatic N) is 1. The average Bonchev–Trinajstić information content (AvgIpc) is 3.14. The molecule has 1 aliphatic heterocycles. The Labute approximate surface area is 157 Å². The van der Waals surface area contributed by atoms with Crippen LogP contribution in [-0.2, 0) is 14.3 Å². The summed E-state index contributed by atoms with van der Waals surface area (Å²) in [6.07, 6.45) is 1.93. The third-order valence-corrected chi connectivity index (χ3v) is 3.66. The predicted molar refractivity (Wildman–Crippen MR) is 94.8 cm³/mol. The molecule has 0 amide bonds. The van der Waals surface area contributed by atoms with Gasteiger partial charge in [-0.05, 0) is 57.1 Å². The second kappa shape index (κ2) is 11.9. The molecule has 9 heteroatoms. The number of aliphatic carboxylic acids is 2. The van der Waals surface area contributed by atoms with E-state index in [0.717, 1.165) is 13.1 Å². The van der Waals surface area contributed by atoms with Crippen LogP contribution < -0.4 is 4.74 Å². The third kappa shape index (κ3) is 9.02. The van der Waals surface area contributed by atoms with Crippen molar-refractivity contribution in [1.29, 1.82) is 0 Å². The first-order valence-corrected chi connectivity index (χ1v) is 8.60. The fourth-order valence-corrected chi connectivity index (χ4v) is 2.41. The molecule has 0 saturated carbocycles. The normalized spacial score (nSPS) is 14.6. The van der Waals surface area contributed by atoms with Crippen molar-refractivity contribution in [2.45, 2.75) is 25.9 Å². The molecule has 2 rings (SSSR count). The van der Waals surface area contributed by atoms with E-state index in [1.807, 2.05) is 0 Å². The first-order valence-electron chi connectivity index (χ1n) is 8.60. The molecule has 0 bridgehead atoms. The molecule has 1 unspecified atom stereocenters. The summed E-state index contributed by atoms with van der Waals surface area (Å²) in [6.45, 7) is 5.17. The van der Waals surface area contributed by atoms with E-state index >= 15 is 0 Å². The van der Waals surface area contributed by atoms with Gasteiger partial charge in [-0.25, -0.2) is 14.4 Å². The zero-order chi connectivity index (χ0) is 20.2. The lowest BCUT2D eigenvalue weighted by atomic mass is 10.2. The Morgan fingerprint density at radius 3 is 2.11 bits per heavy atom. The first kappa shape index (κ1) is 22.4. The number of esters is 1. The molecule has 27 heavy (non-hydrogen) atoms. The minimum absolute atomic E-state index is 0.259. The molecular formula is C18H25NO8. The summed E-state index contributed by atoms with van der Waals surface area (Å²) < 4.78 is 10.5.